The molecule has 0 spiro atoms. The van der Waals surface area contributed by atoms with E-state index in [1.165, 1.54) is 17.3 Å². The van der Waals surface area contributed by atoms with Crippen LogP contribution in [0.25, 0.3) is 0 Å². The van der Waals surface area contributed by atoms with E-state index in [1.54, 1.807) is 11.8 Å². The molecule has 1 aliphatic heterocycles. The van der Waals surface area contributed by atoms with E-state index in [0.29, 0.717) is 11.7 Å². The molecule has 0 radical (unpaired) electrons. The van der Waals surface area contributed by atoms with Gasteiger partial charge in [-0.15, -0.1) is 0 Å². The Balaban J connectivity index is 1.46. The minimum absolute atomic E-state index is 0.0524. The fourth-order valence-corrected chi connectivity index (χ4v) is 4.03. The van der Waals surface area contributed by atoms with Gasteiger partial charge in [0, 0.05) is 23.6 Å². The van der Waals surface area contributed by atoms with Crippen LogP contribution in [0.2, 0.25) is 0 Å². The van der Waals surface area contributed by atoms with Gasteiger partial charge in [-0.25, -0.2) is 4.98 Å². The van der Waals surface area contributed by atoms with Gasteiger partial charge < -0.3 is 10.3 Å². The van der Waals surface area contributed by atoms with Crippen molar-refractivity contribution in [3.8, 4) is 0 Å². The molecule has 1 amide bonds. The molecule has 2 N–H and O–H groups in total. The summed E-state index contributed by atoms with van der Waals surface area (Å²) < 4.78 is 0. The smallest absolute Gasteiger partial charge is 0.255 e. The van der Waals surface area contributed by atoms with Crippen molar-refractivity contribution in [1.29, 1.82) is 0 Å². The number of thioether (sulfide) groups is 2. The maximum Gasteiger partial charge on any atom is 0.255 e. The van der Waals surface area contributed by atoms with Crippen molar-refractivity contribution < 1.29 is 4.79 Å². The lowest BCUT2D eigenvalue weighted by atomic mass is 10.1. The van der Waals surface area contributed by atoms with Crippen LogP contribution >= 0.6 is 23.5 Å². The molecular formula is C16H17N3O2S2. The molecule has 0 bridgehead atoms. The summed E-state index contributed by atoms with van der Waals surface area (Å²) >= 11 is 2.96. The average molecular weight is 347 g/mol. The number of hydrogen-bond acceptors (Lipinski definition) is 5. The maximum absolute atomic E-state index is 11.9. The van der Waals surface area contributed by atoms with Crippen LogP contribution in [0, 0.1) is 0 Å². The Hall–Kier alpha value is -1.73. The molecule has 0 atom stereocenters. The highest BCUT2D eigenvalue weighted by Crippen LogP contribution is 2.26. The monoisotopic (exact) mass is 347 g/mol. The SMILES string of the molecule is O=C(CSc1nc2c(c(=O)[nH]1)CSC2)NCCc1ccccc1. The van der Waals surface area contributed by atoms with Gasteiger partial charge in [0.25, 0.3) is 5.56 Å². The molecule has 0 saturated carbocycles. The molecule has 2 aromatic rings. The number of hydrogen-bond donors (Lipinski definition) is 2. The molecule has 7 heteroatoms. The van der Waals surface area contributed by atoms with Crippen molar-refractivity contribution in [3.05, 3.63) is 57.5 Å². The van der Waals surface area contributed by atoms with E-state index in [0.717, 1.165) is 29.2 Å². The van der Waals surface area contributed by atoms with Gasteiger partial charge in [0.05, 0.1) is 11.4 Å². The lowest BCUT2D eigenvalue weighted by Crippen LogP contribution is -2.27. The predicted octanol–water partition coefficient (Wildman–Crippen LogP) is 1.97. The number of carbonyl (C=O) groups excluding carboxylic acids is 1. The Kier molecular flexibility index (Phi) is 5.40. The summed E-state index contributed by atoms with van der Waals surface area (Å²) in [5.74, 6) is 1.70. The van der Waals surface area contributed by atoms with E-state index in [1.807, 2.05) is 30.3 Å². The number of nitrogens with one attached hydrogen (secondary N) is 2. The molecule has 3 rings (SSSR count). The average Bonchev–Trinajstić information content (AvgIpc) is 3.03. The Bertz CT molecular complexity index is 747. The molecule has 5 nitrogen and oxygen atoms in total. The molecule has 1 aromatic heterocycles. The number of rotatable bonds is 6. The van der Waals surface area contributed by atoms with Crippen LogP contribution in [0.15, 0.2) is 40.3 Å². The van der Waals surface area contributed by atoms with E-state index in [2.05, 4.69) is 15.3 Å². The topological polar surface area (TPSA) is 74.8 Å². The van der Waals surface area contributed by atoms with Crippen LogP contribution in [0.3, 0.4) is 0 Å². The zero-order chi connectivity index (χ0) is 16.1. The standard InChI is InChI=1S/C16H17N3O2S2/c20-14(17-7-6-11-4-2-1-3-5-11)10-23-16-18-13-9-22-8-12(13)15(21)19-16/h1-5H,6-10H2,(H,17,20)(H,18,19,21). The number of benzene rings is 1. The summed E-state index contributed by atoms with van der Waals surface area (Å²) in [5, 5.41) is 3.41. The molecule has 23 heavy (non-hydrogen) atoms. The fraction of sp³-hybridized carbons (Fsp3) is 0.312. The molecule has 0 saturated heterocycles. The second-order valence-electron chi connectivity index (χ2n) is 5.16. The number of amides is 1. The largest absolute Gasteiger partial charge is 0.355 e. The molecule has 0 aliphatic carbocycles. The first-order chi connectivity index (χ1) is 11.2. The number of carbonyl (C=O) groups is 1. The third-order valence-corrected chi connectivity index (χ3v) is 5.33. The van der Waals surface area contributed by atoms with Gasteiger partial charge in [0.1, 0.15) is 0 Å². The number of nitrogens with zero attached hydrogens (tertiary/aromatic N) is 1. The van der Waals surface area contributed by atoms with Gasteiger partial charge >= 0.3 is 0 Å². The van der Waals surface area contributed by atoms with E-state index in [-0.39, 0.29) is 17.2 Å². The Labute approximate surface area is 142 Å². The van der Waals surface area contributed by atoms with Crippen molar-refractivity contribution >= 4 is 29.4 Å². The molecule has 0 unspecified atom stereocenters. The molecule has 2 heterocycles. The quantitative estimate of drug-likeness (QED) is 0.617. The van der Waals surface area contributed by atoms with Gasteiger partial charge in [-0.1, -0.05) is 42.1 Å². The van der Waals surface area contributed by atoms with E-state index >= 15 is 0 Å². The van der Waals surface area contributed by atoms with Crippen molar-refractivity contribution in [2.75, 3.05) is 12.3 Å². The van der Waals surface area contributed by atoms with Crippen molar-refractivity contribution in [2.24, 2.45) is 0 Å². The minimum atomic E-state index is -0.0769. The van der Waals surface area contributed by atoms with E-state index in [9.17, 15) is 9.59 Å². The van der Waals surface area contributed by atoms with Crippen LogP contribution in [-0.2, 0) is 22.7 Å². The maximum atomic E-state index is 11.9. The Morgan fingerprint density at radius 1 is 1.30 bits per heavy atom. The normalized spacial score (nSPS) is 12.9. The van der Waals surface area contributed by atoms with E-state index < -0.39 is 0 Å². The van der Waals surface area contributed by atoms with Gasteiger partial charge in [0.15, 0.2) is 5.16 Å². The van der Waals surface area contributed by atoms with Crippen molar-refractivity contribution in [2.45, 2.75) is 23.1 Å². The zero-order valence-corrected chi connectivity index (χ0v) is 14.1. The summed E-state index contributed by atoms with van der Waals surface area (Å²) in [6.07, 6.45) is 0.808. The summed E-state index contributed by atoms with van der Waals surface area (Å²) in [4.78, 5) is 30.9. The summed E-state index contributed by atoms with van der Waals surface area (Å²) in [6.45, 7) is 0.605. The van der Waals surface area contributed by atoms with Gasteiger partial charge in [0.2, 0.25) is 5.91 Å². The first kappa shape index (κ1) is 16.1. The highest BCUT2D eigenvalue weighted by atomic mass is 32.2. The Morgan fingerprint density at radius 3 is 2.96 bits per heavy atom. The molecular weight excluding hydrogens is 330 g/mol. The number of H-pyrrole nitrogens is 1. The third kappa shape index (κ3) is 4.39. The predicted molar refractivity (Wildman–Crippen MR) is 93.7 cm³/mol. The minimum Gasteiger partial charge on any atom is -0.355 e. The van der Waals surface area contributed by atoms with Crippen LogP contribution in [-0.4, -0.2) is 28.2 Å². The summed E-state index contributed by atoms with van der Waals surface area (Å²) in [5.41, 5.74) is 2.74. The second-order valence-corrected chi connectivity index (χ2v) is 7.11. The second kappa shape index (κ2) is 7.70. The first-order valence-electron chi connectivity index (χ1n) is 7.35. The summed E-state index contributed by atoms with van der Waals surface area (Å²) in [7, 11) is 0. The first-order valence-corrected chi connectivity index (χ1v) is 9.49. The van der Waals surface area contributed by atoms with Crippen LogP contribution in [0.1, 0.15) is 16.8 Å². The van der Waals surface area contributed by atoms with Gasteiger partial charge in [-0.3, -0.25) is 9.59 Å². The van der Waals surface area contributed by atoms with Crippen molar-refractivity contribution in [3.63, 3.8) is 0 Å². The highest BCUT2D eigenvalue weighted by Gasteiger charge is 2.18. The fourth-order valence-electron chi connectivity index (χ4n) is 2.28. The third-order valence-electron chi connectivity index (χ3n) is 3.48. The van der Waals surface area contributed by atoms with Gasteiger partial charge in [-0.05, 0) is 12.0 Å². The number of aromatic nitrogens is 2. The molecule has 120 valence electrons. The van der Waals surface area contributed by atoms with Crippen LogP contribution in [0.4, 0.5) is 0 Å². The molecule has 1 aromatic carbocycles. The van der Waals surface area contributed by atoms with E-state index in [4.69, 9.17) is 0 Å². The van der Waals surface area contributed by atoms with Crippen molar-refractivity contribution in [1.82, 2.24) is 15.3 Å². The number of aromatic amines is 1. The lowest BCUT2D eigenvalue weighted by molar-refractivity contribution is -0.118. The zero-order valence-electron chi connectivity index (χ0n) is 12.5. The molecule has 0 fully saturated rings. The summed E-state index contributed by atoms with van der Waals surface area (Å²) in [6, 6.07) is 10.0. The number of fused-ring (bicyclic) bond motifs is 1. The van der Waals surface area contributed by atoms with Crippen LogP contribution in [0.5, 0.6) is 0 Å². The van der Waals surface area contributed by atoms with Gasteiger partial charge in [-0.2, -0.15) is 11.8 Å². The lowest BCUT2D eigenvalue weighted by Gasteiger charge is -2.06. The highest BCUT2D eigenvalue weighted by molar-refractivity contribution is 7.99. The van der Waals surface area contributed by atoms with Crippen LogP contribution < -0.4 is 10.9 Å². The molecule has 1 aliphatic rings. The Morgan fingerprint density at radius 2 is 2.13 bits per heavy atom.